The first-order valence-electron chi connectivity index (χ1n) is 7.22. The number of rotatable bonds is 3. The molecule has 5 heteroatoms. The molecule has 0 saturated carbocycles. The van der Waals surface area contributed by atoms with Crippen LogP contribution in [0.4, 0.5) is 0 Å². The maximum atomic E-state index is 10.5. The van der Waals surface area contributed by atoms with Gasteiger partial charge >= 0.3 is 0 Å². The molecule has 2 aromatic carbocycles. The molecule has 1 heterocycles. The van der Waals surface area contributed by atoms with E-state index >= 15 is 0 Å². The van der Waals surface area contributed by atoms with E-state index < -0.39 is 0 Å². The van der Waals surface area contributed by atoms with Crippen LogP contribution < -0.4 is 0 Å². The van der Waals surface area contributed by atoms with E-state index in [0.717, 1.165) is 16.8 Å². The lowest BCUT2D eigenvalue weighted by molar-refractivity contribution is 0.514. The second kappa shape index (κ2) is 6.88. The first-order valence-corrected chi connectivity index (χ1v) is 8.47. The minimum atomic E-state index is -0.159. The van der Waals surface area contributed by atoms with Crippen molar-refractivity contribution in [1.29, 1.82) is 5.26 Å². The van der Waals surface area contributed by atoms with Crippen LogP contribution in [0, 0.1) is 18.3 Å². The molecule has 1 N–H and O–H groups in total. The third-order valence-corrected chi connectivity index (χ3v) is 4.81. The van der Waals surface area contributed by atoms with Crippen molar-refractivity contribution in [2.75, 3.05) is 0 Å². The molecule has 3 aromatic rings. The summed E-state index contributed by atoms with van der Waals surface area (Å²) >= 11 is 7.43. The van der Waals surface area contributed by atoms with E-state index in [4.69, 9.17) is 11.6 Å². The fraction of sp³-hybridized carbons (Fsp3) is 0.0526. The fourth-order valence-electron chi connectivity index (χ4n) is 2.36. The Morgan fingerprint density at radius 2 is 1.88 bits per heavy atom. The number of halogens is 1. The van der Waals surface area contributed by atoms with Crippen molar-refractivity contribution >= 4 is 34.3 Å². The van der Waals surface area contributed by atoms with Gasteiger partial charge in [0.2, 0.25) is 0 Å². The number of aliphatic hydroxyl groups excluding tert-OH is 1. The third-order valence-electron chi connectivity index (χ3n) is 3.62. The number of benzene rings is 2. The van der Waals surface area contributed by atoms with Crippen molar-refractivity contribution < 1.29 is 5.11 Å². The van der Waals surface area contributed by atoms with Crippen LogP contribution in [0.1, 0.15) is 16.1 Å². The molecule has 0 spiro atoms. The lowest BCUT2D eigenvalue weighted by atomic mass is 10.1. The summed E-state index contributed by atoms with van der Waals surface area (Å²) in [5.41, 5.74) is 3.44. The Hall–Kier alpha value is -2.61. The molecule has 0 unspecified atom stereocenters. The normalized spacial score (nSPS) is 11.7. The Morgan fingerprint density at radius 3 is 2.58 bits per heavy atom. The van der Waals surface area contributed by atoms with Crippen LogP contribution in [-0.4, -0.2) is 10.1 Å². The molecule has 1 aromatic heterocycles. The summed E-state index contributed by atoms with van der Waals surface area (Å²) < 4.78 is 0. The monoisotopic (exact) mass is 352 g/mol. The van der Waals surface area contributed by atoms with E-state index in [1.54, 1.807) is 24.3 Å². The highest BCUT2D eigenvalue weighted by Gasteiger charge is 2.17. The molecule has 3 rings (SSSR count). The van der Waals surface area contributed by atoms with Gasteiger partial charge < -0.3 is 5.11 Å². The highest BCUT2D eigenvalue weighted by atomic mass is 35.5. The lowest BCUT2D eigenvalue weighted by Crippen LogP contribution is -1.91. The van der Waals surface area contributed by atoms with E-state index in [9.17, 15) is 10.4 Å². The van der Waals surface area contributed by atoms with E-state index in [1.165, 1.54) is 11.3 Å². The van der Waals surface area contributed by atoms with E-state index in [2.05, 4.69) is 4.98 Å². The van der Waals surface area contributed by atoms with Crippen LogP contribution in [0.3, 0.4) is 0 Å². The third kappa shape index (κ3) is 3.05. The first-order chi connectivity index (χ1) is 11.6. The van der Waals surface area contributed by atoms with Crippen LogP contribution in [0.5, 0.6) is 0 Å². The predicted octanol–water partition coefficient (Wildman–Crippen LogP) is 5.72. The second-order valence-corrected chi connectivity index (χ2v) is 6.43. The number of allylic oxidation sites excluding steroid dienone is 1. The zero-order valence-electron chi connectivity index (χ0n) is 12.8. The molecule has 0 aliphatic carbocycles. The molecule has 0 amide bonds. The number of nitrogens with zero attached hydrogens (tertiary/aromatic N) is 2. The molecular formula is C19H13ClN2OS. The Bertz CT molecular complexity index is 969. The Kier molecular flexibility index (Phi) is 4.66. The molecule has 0 fully saturated rings. The summed E-state index contributed by atoms with van der Waals surface area (Å²) in [4.78, 5) is 4.52. The summed E-state index contributed by atoms with van der Waals surface area (Å²) in [6.45, 7) is 2.01. The molecular weight excluding hydrogens is 340 g/mol. The van der Waals surface area contributed by atoms with Gasteiger partial charge in [-0.1, -0.05) is 48.0 Å². The van der Waals surface area contributed by atoms with Gasteiger partial charge in [0, 0.05) is 16.5 Å². The summed E-state index contributed by atoms with van der Waals surface area (Å²) in [5, 5.41) is 22.7. The number of aryl methyl sites for hydroxylation is 1. The van der Waals surface area contributed by atoms with E-state index in [0.29, 0.717) is 15.6 Å². The van der Waals surface area contributed by atoms with Gasteiger partial charge in [0.05, 0.1) is 10.7 Å². The Balaban J connectivity index is 2.08. The van der Waals surface area contributed by atoms with Crippen molar-refractivity contribution in [3.63, 3.8) is 0 Å². The number of hydrogen-bond donors (Lipinski definition) is 1. The zero-order valence-corrected chi connectivity index (χ0v) is 14.4. The van der Waals surface area contributed by atoms with Crippen molar-refractivity contribution in [1.82, 2.24) is 4.98 Å². The number of aromatic nitrogens is 1. The highest BCUT2D eigenvalue weighted by molar-refractivity contribution is 7.11. The Labute approximate surface area is 149 Å². The lowest BCUT2D eigenvalue weighted by Gasteiger charge is -2.05. The fourth-order valence-corrected chi connectivity index (χ4v) is 3.40. The molecule has 0 aliphatic heterocycles. The quantitative estimate of drug-likeness (QED) is 0.484. The number of thiazole rings is 1. The van der Waals surface area contributed by atoms with Crippen molar-refractivity contribution in [3.05, 3.63) is 75.1 Å². The number of nitriles is 1. The molecule has 0 saturated heterocycles. The minimum absolute atomic E-state index is 0.118. The van der Waals surface area contributed by atoms with Crippen LogP contribution in [0.2, 0.25) is 5.02 Å². The average molecular weight is 353 g/mol. The second-order valence-electron chi connectivity index (χ2n) is 5.17. The maximum absolute atomic E-state index is 10.5. The summed E-state index contributed by atoms with van der Waals surface area (Å²) in [5.74, 6) is -0.159. The van der Waals surface area contributed by atoms with Crippen LogP contribution in [-0.2, 0) is 0 Å². The van der Waals surface area contributed by atoms with E-state index in [-0.39, 0.29) is 11.3 Å². The van der Waals surface area contributed by atoms with Gasteiger partial charge in [-0.25, -0.2) is 4.98 Å². The van der Waals surface area contributed by atoms with Gasteiger partial charge in [0.1, 0.15) is 22.4 Å². The van der Waals surface area contributed by atoms with Crippen molar-refractivity contribution in [2.24, 2.45) is 0 Å². The number of hydrogen-bond acceptors (Lipinski definition) is 4. The maximum Gasteiger partial charge on any atom is 0.145 e. The van der Waals surface area contributed by atoms with Gasteiger partial charge in [-0.05, 0) is 24.6 Å². The largest absolute Gasteiger partial charge is 0.506 e. The predicted molar refractivity (Wildman–Crippen MR) is 98.8 cm³/mol. The minimum Gasteiger partial charge on any atom is -0.506 e. The van der Waals surface area contributed by atoms with Crippen molar-refractivity contribution in [2.45, 2.75) is 6.92 Å². The average Bonchev–Trinajstić information content (AvgIpc) is 3.05. The van der Waals surface area contributed by atoms with Gasteiger partial charge in [0.15, 0.2) is 0 Å². The van der Waals surface area contributed by atoms with Crippen LogP contribution in [0.15, 0.2) is 53.9 Å². The standard InChI is InChI=1S/C19H13ClN2OS/c1-12-6-2-3-7-13(12)17-11-24-19(22-17)15(10-21)18(23)14-8-4-5-9-16(14)20/h2-9,11,23H,1H3/b18-15+. The van der Waals surface area contributed by atoms with Crippen LogP contribution >= 0.6 is 22.9 Å². The Morgan fingerprint density at radius 1 is 1.17 bits per heavy atom. The van der Waals surface area contributed by atoms with Gasteiger partial charge in [0.25, 0.3) is 0 Å². The molecule has 0 radical (unpaired) electrons. The number of aliphatic hydroxyl groups is 1. The first kappa shape index (κ1) is 16.3. The summed E-state index contributed by atoms with van der Waals surface area (Å²) in [7, 11) is 0. The molecule has 118 valence electrons. The van der Waals surface area contributed by atoms with Crippen LogP contribution in [0.25, 0.3) is 22.6 Å². The van der Waals surface area contributed by atoms with E-state index in [1.807, 2.05) is 42.6 Å². The molecule has 24 heavy (non-hydrogen) atoms. The smallest absolute Gasteiger partial charge is 0.145 e. The van der Waals surface area contributed by atoms with Gasteiger partial charge in [-0.3, -0.25) is 0 Å². The van der Waals surface area contributed by atoms with Gasteiger partial charge in [-0.15, -0.1) is 11.3 Å². The summed E-state index contributed by atoms with van der Waals surface area (Å²) in [6.07, 6.45) is 0. The molecule has 0 aliphatic rings. The molecule has 0 atom stereocenters. The SMILES string of the molecule is Cc1ccccc1-c1csc(/C(C#N)=C(/O)c2ccccc2Cl)n1. The van der Waals surface area contributed by atoms with Gasteiger partial charge in [-0.2, -0.15) is 5.26 Å². The summed E-state index contributed by atoms with van der Waals surface area (Å²) in [6, 6.07) is 16.8. The highest BCUT2D eigenvalue weighted by Crippen LogP contribution is 2.32. The topological polar surface area (TPSA) is 56.9 Å². The molecule has 0 bridgehead atoms. The van der Waals surface area contributed by atoms with Crippen molar-refractivity contribution in [3.8, 4) is 17.3 Å². The molecule has 3 nitrogen and oxygen atoms in total. The zero-order chi connectivity index (χ0) is 17.1.